The van der Waals surface area contributed by atoms with Gasteiger partial charge in [-0.2, -0.15) is 5.10 Å². The van der Waals surface area contributed by atoms with Gasteiger partial charge in [-0.1, -0.05) is 0 Å². The SMILES string of the molecule is OCCn1ncc2c(NCc3nccs3)ncnc21. The Bertz CT molecular complexity index is 665. The monoisotopic (exact) mass is 276 g/mol. The van der Waals surface area contributed by atoms with Crippen LogP contribution in [0.1, 0.15) is 5.01 Å². The van der Waals surface area contributed by atoms with Gasteiger partial charge in [0.15, 0.2) is 5.65 Å². The predicted molar refractivity (Wildman–Crippen MR) is 71.8 cm³/mol. The van der Waals surface area contributed by atoms with Gasteiger partial charge in [0.2, 0.25) is 0 Å². The zero-order valence-electron chi connectivity index (χ0n) is 10.0. The van der Waals surface area contributed by atoms with Gasteiger partial charge in [-0.3, -0.25) is 0 Å². The maximum atomic E-state index is 8.97. The van der Waals surface area contributed by atoms with Crippen molar-refractivity contribution in [2.45, 2.75) is 13.1 Å². The number of rotatable bonds is 5. The average molecular weight is 276 g/mol. The number of anilines is 1. The number of aromatic nitrogens is 5. The van der Waals surface area contributed by atoms with Gasteiger partial charge in [0, 0.05) is 11.6 Å². The van der Waals surface area contributed by atoms with Gasteiger partial charge in [-0.05, 0) is 0 Å². The summed E-state index contributed by atoms with van der Waals surface area (Å²) in [7, 11) is 0. The van der Waals surface area contributed by atoms with Crippen LogP contribution in [0.3, 0.4) is 0 Å². The number of hydrogen-bond donors (Lipinski definition) is 2. The lowest BCUT2D eigenvalue weighted by molar-refractivity contribution is 0.271. The lowest BCUT2D eigenvalue weighted by atomic mass is 10.4. The zero-order valence-corrected chi connectivity index (χ0v) is 10.8. The Balaban J connectivity index is 1.87. The van der Waals surface area contributed by atoms with E-state index >= 15 is 0 Å². The summed E-state index contributed by atoms with van der Waals surface area (Å²) in [5.74, 6) is 0.726. The fourth-order valence-electron chi connectivity index (χ4n) is 1.79. The van der Waals surface area contributed by atoms with Crippen LogP contribution in [0.15, 0.2) is 24.1 Å². The van der Waals surface area contributed by atoms with E-state index in [1.165, 1.54) is 6.33 Å². The molecule has 3 aromatic heterocycles. The zero-order chi connectivity index (χ0) is 13.1. The molecule has 0 unspecified atom stereocenters. The van der Waals surface area contributed by atoms with Crippen LogP contribution in [0, 0.1) is 0 Å². The molecule has 0 bridgehead atoms. The van der Waals surface area contributed by atoms with Crippen molar-refractivity contribution < 1.29 is 5.11 Å². The number of hydrogen-bond acceptors (Lipinski definition) is 7. The second-order valence-corrected chi connectivity index (χ2v) is 4.81. The molecule has 0 saturated heterocycles. The minimum Gasteiger partial charge on any atom is -0.394 e. The number of nitrogens with one attached hydrogen (secondary N) is 1. The highest BCUT2D eigenvalue weighted by molar-refractivity contribution is 7.09. The summed E-state index contributed by atoms with van der Waals surface area (Å²) >= 11 is 1.59. The molecule has 0 fully saturated rings. The van der Waals surface area contributed by atoms with Gasteiger partial charge in [0.1, 0.15) is 17.2 Å². The van der Waals surface area contributed by atoms with Gasteiger partial charge in [-0.25, -0.2) is 19.6 Å². The third kappa shape index (κ3) is 2.40. The molecule has 0 atom stereocenters. The molecule has 0 amide bonds. The summed E-state index contributed by atoms with van der Waals surface area (Å²) in [5, 5.41) is 20.2. The van der Waals surface area contributed by atoms with Crippen LogP contribution in [-0.4, -0.2) is 36.4 Å². The second-order valence-electron chi connectivity index (χ2n) is 3.83. The Labute approximate surface area is 113 Å². The van der Waals surface area contributed by atoms with Crippen molar-refractivity contribution in [2.75, 3.05) is 11.9 Å². The lowest BCUT2D eigenvalue weighted by Gasteiger charge is -2.04. The summed E-state index contributed by atoms with van der Waals surface area (Å²) in [6, 6.07) is 0. The fourth-order valence-corrected chi connectivity index (χ4v) is 2.35. The van der Waals surface area contributed by atoms with E-state index in [0.29, 0.717) is 18.7 Å². The molecule has 19 heavy (non-hydrogen) atoms. The number of nitrogens with zero attached hydrogens (tertiary/aromatic N) is 5. The molecule has 0 aliphatic carbocycles. The van der Waals surface area contributed by atoms with Crippen LogP contribution in [0.25, 0.3) is 11.0 Å². The normalized spacial score (nSPS) is 11.0. The van der Waals surface area contributed by atoms with Crippen molar-refractivity contribution in [1.82, 2.24) is 24.7 Å². The largest absolute Gasteiger partial charge is 0.394 e. The smallest absolute Gasteiger partial charge is 0.163 e. The van der Waals surface area contributed by atoms with Crippen LogP contribution in [0.4, 0.5) is 5.82 Å². The number of aliphatic hydroxyl groups is 1. The van der Waals surface area contributed by atoms with Crippen molar-refractivity contribution in [2.24, 2.45) is 0 Å². The number of thiazole rings is 1. The summed E-state index contributed by atoms with van der Waals surface area (Å²) in [5.41, 5.74) is 0.714. The third-order valence-electron chi connectivity index (χ3n) is 2.64. The van der Waals surface area contributed by atoms with Crippen molar-refractivity contribution >= 4 is 28.2 Å². The van der Waals surface area contributed by atoms with Crippen molar-refractivity contribution in [1.29, 1.82) is 0 Å². The van der Waals surface area contributed by atoms with Crippen LogP contribution in [-0.2, 0) is 13.1 Å². The van der Waals surface area contributed by atoms with E-state index in [2.05, 4.69) is 25.4 Å². The minimum absolute atomic E-state index is 0.0304. The number of fused-ring (bicyclic) bond motifs is 1. The minimum atomic E-state index is 0.0304. The van der Waals surface area contributed by atoms with E-state index < -0.39 is 0 Å². The van der Waals surface area contributed by atoms with Crippen molar-refractivity contribution in [3.63, 3.8) is 0 Å². The molecule has 8 heteroatoms. The molecular formula is C11H12N6OS. The quantitative estimate of drug-likeness (QED) is 0.719. The molecule has 0 aliphatic heterocycles. The van der Waals surface area contributed by atoms with E-state index in [0.717, 1.165) is 16.2 Å². The third-order valence-corrected chi connectivity index (χ3v) is 3.42. The van der Waals surface area contributed by atoms with Gasteiger partial charge in [-0.15, -0.1) is 11.3 Å². The highest BCUT2D eigenvalue weighted by Gasteiger charge is 2.09. The molecule has 0 saturated carbocycles. The van der Waals surface area contributed by atoms with E-state index in [1.807, 2.05) is 5.38 Å². The topological polar surface area (TPSA) is 88.8 Å². The van der Waals surface area contributed by atoms with Crippen LogP contribution in [0.2, 0.25) is 0 Å². The van der Waals surface area contributed by atoms with E-state index in [4.69, 9.17) is 5.11 Å². The van der Waals surface area contributed by atoms with E-state index in [1.54, 1.807) is 28.4 Å². The molecule has 98 valence electrons. The molecule has 2 N–H and O–H groups in total. The van der Waals surface area contributed by atoms with Crippen LogP contribution >= 0.6 is 11.3 Å². The van der Waals surface area contributed by atoms with Gasteiger partial charge >= 0.3 is 0 Å². The Morgan fingerprint density at radius 1 is 1.32 bits per heavy atom. The number of aliphatic hydroxyl groups excluding tert-OH is 1. The van der Waals surface area contributed by atoms with Crippen molar-refractivity contribution in [3.8, 4) is 0 Å². The summed E-state index contributed by atoms with van der Waals surface area (Å²) in [4.78, 5) is 12.6. The first kappa shape index (κ1) is 12.0. The maximum absolute atomic E-state index is 8.97. The van der Waals surface area contributed by atoms with Crippen LogP contribution in [0.5, 0.6) is 0 Å². The lowest BCUT2D eigenvalue weighted by Crippen LogP contribution is -2.05. The first-order valence-corrected chi connectivity index (χ1v) is 6.66. The molecule has 0 aliphatic rings. The van der Waals surface area contributed by atoms with Gasteiger partial charge < -0.3 is 10.4 Å². The maximum Gasteiger partial charge on any atom is 0.163 e. The molecule has 3 heterocycles. The molecule has 3 aromatic rings. The molecule has 3 rings (SSSR count). The summed E-state index contributed by atoms with van der Waals surface area (Å²) in [6.45, 7) is 1.07. The van der Waals surface area contributed by atoms with Crippen LogP contribution < -0.4 is 5.32 Å². The highest BCUT2D eigenvalue weighted by Crippen LogP contribution is 2.19. The Morgan fingerprint density at radius 3 is 3.05 bits per heavy atom. The van der Waals surface area contributed by atoms with Gasteiger partial charge in [0.05, 0.1) is 31.3 Å². The highest BCUT2D eigenvalue weighted by atomic mass is 32.1. The first-order chi connectivity index (χ1) is 9.38. The molecular weight excluding hydrogens is 264 g/mol. The first-order valence-electron chi connectivity index (χ1n) is 5.78. The molecule has 7 nitrogen and oxygen atoms in total. The second kappa shape index (κ2) is 5.29. The average Bonchev–Trinajstić information content (AvgIpc) is 3.07. The molecule has 0 spiro atoms. The Hall–Kier alpha value is -2.06. The summed E-state index contributed by atoms with van der Waals surface area (Å²) in [6.07, 6.45) is 4.97. The molecule has 0 radical (unpaired) electrons. The fraction of sp³-hybridized carbons (Fsp3) is 0.273. The van der Waals surface area contributed by atoms with Crippen molar-refractivity contribution in [3.05, 3.63) is 29.1 Å². The molecule has 0 aromatic carbocycles. The summed E-state index contributed by atoms with van der Waals surface area (Å²) < 4.78 is 1.66. The standard InChI is InChI=1S/C11H12N6OS/c18-3-2-17-11-8(5-16-17)10(14-7-15-11)13-6-9-12-1-4-19-9/h1,4-5,7,18H,2-3,6H2,(H,13,14,15). The van der Waals surface area contributed by atoms with Gasteiger partial charge in [0.25, 0.3) is 0 Å². The van der Waals surface area contributed by atoms with E-state index in [-0.39, 0.29) is 6.61 Å². The Morgan fingerprint density at radius 2 is 2.26 bits per heavy atom. The predicted octanol–water partition coefficient (Wildman–Crippen LogP) is 0.887. The Kier molecular flexibility index (Phi) is 3.34. The van der Waals surface area contributed by atoms with E-state index in [9.17, 15) is 0 Å².